The Morgan fingerprint density at radius 2 is 1.75 bits per heavy atom. The van der Waals surface area contributed by atoms with Crippen molar-refractivity contribution in [2.75, 3.05) is 0 Å². The van der Waals surface area contributed by atoms with E-state index >= 15 is 0 Å². The molecule has 0 aliphatic heterocycles. The topological polar surface area (TPSA) is 59.3 Å². The molecule has 32 heavy (non-hydrogen) atoms. The second-order valence-electron chi connectivity index (χ2n) is 9.27. The molecule has 2 aromatic rings. The molecule has 0 amide bonds. The van der Waals surface area contributed by atoms with Crippen molar-refractivity contribution in [3.63, 3.8) is 0 Å². The zero-order valence-electron chi connectivity index (χ0n) is 18.3. The number of carbonyl (C=O) groups excluding carboxylic acids is 1. The molecule has 0 saturated heterocycles. The number of benzene rings is 2. The number of nitriles is 1. The molecule has 4 nitrogen and oxygen atoms in total. The monoisotopic (exact) mass is 439 g/mol. The predicted molar refractivity (Wildman–Crippen MR) is 115 cm³/mol. The number of alkyl halides is 2. The molecule has 3 unspecified atom stereocenters. The van der Waals surface area contributed by atoms with Crippen LogP contribution in [0.5, 0.6) is 0 Å². The lowest BCUT2D eigenvalue weighted by Crippen LogP contribution is -2.18. The van der Waals surface area contributed by atoms with Gasteiger partial charge >= 0.3 is 5.97 Å². The second kappa shape index (κ2) is 8.63. The molecule has 6 heteroatoms. The molecule has 2 fully saturated rings. The Balaban J connectivity index is 1.48. The fourth-order valence-electron chi connectivity index (χ4n) is 4.57. The van der Waals surface area contributed by atoms with E-state index in [1.54, 1.807) is 18.2 Å². The highest BCUT2D eigenvalue weighted by Gasteiger charge is 2.65. The van der Waals surface area contributed by atoms with Gasteiger partial charge in [-0.2, -0.15) is 14.0 Å². The van der Waals surface area contributed by atoms with E-state index < -0.39 is 23.9 Å². The molecule has 0 spiro atoms. The summed E-state index contributed by atoms with van der Waals surface area (Å²) in [5.74, 6) is -4.22. The smallest absolute Gasteiger partial charge is 0.313 e. The molecule has 168 valence electrons. The third kappa shape index (κ3) is 4.27. The van der Waals surface area contributed by atoms with Crippen molar-refractivity contribution in [2.24, 2.45) is 11.3 Å². The minimum Gasteiger partial charge on any atom is -0.442 e. The summed E-state index contributed by atoms with van der Waals surface area (Å²) >= 11 is 0. The molecule has 0 radical (unpaired) electrons. The van der Waals surface area contributed by atoms with Crippen LogP contribution < -0.4 is 0 Å². The van der Waals surface area contributed by atoms with Crippen LogP contribution in [0, 0.1) is 22.7 Å². The van der Waals surface area contributed by atoms with E-state index in [0.29, 0.717) is 0 Å². The lowest BCUT2D eigenvalue weighted by Gasteiger charge is -2.19. The van der Waals surface area contributed by atoms with Gasteiger partial charge in [-0.25, -0.2) is 0 Å². The van der Waals surface area contributed by atoms with Crippen molar-refractivity contribution in [3.05, 3.63) is 71.3 Å². The van der Waals surface area contributed by atoms with Gasteiger partial charge in [0.2, 0.25) is 6.10 Å². The number of hydrogen-bond acceptors (Lipinski definition) is 4. The fraction of sp³-hybridized carbons (Fsp3) is 0.462. The Morgan fingerprint density at radius 1 is 1.09 bits per heavy atom. The van der Waals surface area contributed by atoms with Gasteiger partial charge in [0.15, 0.2) is 0 Å². The first-order valence-corrected chi connectivity index (χ1v) is 11.0. The minimum absolute atomic E-state index is 0.144. The van der Waals surface area contributed by atoms with Gasteiger partial charge < -0.3 is 9.47 Å². The van der Waals surface area contributed by atoms with Gasteiger partial charge in [-0.05, 0) is 18.9 Å². The second-order valence-corrected chi connectivity index (χ2v) is 9.27. The molecule has 0 heterocycles. The summed E-state index contributed by atoms with van der Waals surface area (Å²) < 4.78 is 41.6. The van der Waals surface area contributed by atoms with Gasteiger partial charge in [-0.3, -0.25) is 4.79 Å². The maximum atomic E-state index is 15.0. The summed E-state index contributed by atoms with van der Waals surface area (Å²) in [6.07, 6.45) is 2.92. The highest BCUT2D eigenvalue weighted by atomic mass is 19.3. The molecule has 2 saturated carbocycles. The zero-order valence-corrected chi connectivity index (χ0v) is 18.3. The van der Waals surface area contributed by atoms with Crippen LogP contribution in [-0.2, 0) is 20.2 Å². The standard InChI is InChI=1S/C26H27F2NO3/c1-25(2)22(23(25)31-20-13-6-7-14-20)24(30)32-21(16-29)17-9-8-12-19(15-17)26(27,28)18-10-4-3-5-11-18/h3-5,8-12,15,20-23H,6-7,13-14H2,1-2H3. The molecule has 4 rings (SSSR count). The quantitative estimate of drug-likeness (QED) is 0.503. The van der Waals surface area contributed by atoms with Gasteiger partial charge in [0.1, 0.15) is 6.07 Å². The van der Waals surface area contributed by atoms with E-state index in [-0.39, 0.29) is 34.3 Å². The van der Waals surface area contributed by atoms with Crippen molar-refractivity contribution in [1.29, 1.82) is 5.26 Å². The van der Waals surface area contributed by atoms with Gasteiger partial charge in [-0.1, -0.05) is 75.2 Å². The largest absolute Gasteiger partial charge is 0.442 e. The van der Waals surface area contributed by atoms with E-state index in [4.69, 9.17) is 9.47 Å². The Kier molecular flexibility index (Phi) is 6.05. The number of rotatable bonds is 7. The Labute approximate surface area is 187 Å². The lowest BCUT2D eigenvalue weighted by atomic mass is 9.97. The molecule has 0 aromatic heterocycles. The Hall–Kier alpha value is -2.78. The Bertz CT molecular complexity index is 1010. The Morgan fingerprint density at radius 3 is 2.41 bits per heavy atom. The minimum atomic E-state index is -3.24. The van der Waals surface area contributed by atoms with E-state index in [0.717, 1.165) is 25.7 Å². The average molecular weight is 440 g/mol. The molecule has 0 bridgehead atoms. The zero-order chi connectivity index (χ0) is 22.9. The van der Waals surface area contributed by atoms with Crippen LogP contribution in [0.1, 0.15) is 62.3 Å². The van der Waals surface area contributed by atoms with Gasteiger partial charge in [0, 0.05) is 22.1 Å². The van der Waals surface area contributed by atoms with Crippen LogP contribution in [-0.4, -0.2) is 18.2 Å². The first-order valence-electron chi connectivity index (χ1n) is 11.0. The number of hydrogen-bond donors (Lipinski definition) is 0. The van der Waals surface area contributed by atoms with Gasteiger partial charge in [0.25, 0.3) is 5.92 Å². The summed E-state index contributed by atoms with van der Waals surface area (Å²) in [7, 11) is 0. The lowest BCUT2D eigenvalue weighted by molar-refractivity contribution is -0.150. The number of carbonyl (C=O) groups is 1. The fourth-order valence-corrected chi connectivity index (χ4v) is 4.57. The van der Waals surface area contributed by atoms with Crippen LogP contribution in [0.25, 0.3) is 0 Å². The first-order chi connectivity index (χ1) is 15.2. The molecule has 3 atom stereocenters. The summed E-state index contributed by atoms with van der Waals surface area (Å²) in [5.41, 5.74) is -0.552. The highest BCUT2D eigenvalue weighted by Crippen LogP contribution is 2.56. The highest BCUT2D eigenvalue weighted by molar-refractivity contribution is 5.79. The summed E-state index contributed by atoms with van der Waals surface area (Å²) in [4.78, 5) is 12.8. The molecular weight excluding hydrogens is 412 g/mol. The van der Waals surface area contributed by atoms with Crippen LogP contribution >= 0.6 is 0 Å². The normalized spacial score (nSPS) is 23.3. The van der Waals surface area contributed by atoms with Crippen molar-refractivity contribution in [2.45, 2.75) is 63.8 Å². The molecule has 2 aliphatic rings. The van der Waals surface area contributed by atoms with Gasteiger partial charge in [0.05, 0.1) is 18.1 Å². The molecule has 0 N–H and O–H groups in total. The van der Waals surface area contributed by atoms with Crippen molar-refractivity contribution >= 4 is 5.97 Å². The third-order valence-corrected chi connectivity index (χ3v) is 6.66. The van der Waals surface area contributed by atoms with Crippen molar-refractivity contribution in [3.8, 4) is 6.07 Å². The van der Waals surface area contributed by atoms with E-state index in [9.17, 15) is 18.8 Å². The first kappa shape index (κ1) is 22.4. The van der Waals surface area contributed by atoms with Crippen LogP contribution in [0.3, 0.4) is 0 Å². The van der Waals surface area contributed by atoms with Crippen LogP contribution in [0.2, 0.25) is 0 Å². The maximum absolute atomic E-state index is 15.0. The van der Waals surface area contributed by atoms with E-state index in [1.807, 2.05) is 19.9 Å². The predicted octanol–water partition coefficient (Wildman–Crippen LogP) is 5.92. The SMILES string of the molecule is CC1(C)C(OC2CCCC2)C1C(=O)OC(C#N)c1cccc(C(F)(F)c2ccccc2)c1. The maximum Gasteiger partial charge on any atom is 0.313 e. The van der Waals surface area contributed by atoms with Crippen LogP contribution in [0.4, 0.5) is 8.78 Å². The number of nitrogens with zero attached hydrogens (tertiary/aromatic N) is 1. The van der Waals surface area contributed by atoms with Crippen molar-refractivity contribution in [1.82, 2.24) is 0 Å². The number of ether oxygens (including phenoxy) is 2. The molecular formula is C26H27F2NO3. The van der Waals surface area contributed by atoms with Crippen molar-refractivity contribution < 1.29 is 23.0 Å². The number of esters is 1. The van der Waals surface area contributed by atoms with E-state index in [1.165, 1.54) is 36.4 Å². The summed E-state index contributed by atoms with van der Waals surface area (Å²) in [6, 6.07) is 14.9. The molecule has 2 aromatic carbocycles. The third-order valence-electron chi connectivity index (χ3n) is 6.66. The summed E-state index contributed by atoms with van der Waals surface area (Å²) in [6.45, 7) is 3.89. The molecule has 2 aliphatic carbocycles. The van der Waals surface area contributed by atoms with Crippen LogP contribution in [0.15, 0.2) is 54.6 Å². The number of halogens is 2. The van der Waals surface area contributed by atoms with Gasteiger partial charge in [-0.15, -0.1) is 0 Å². The average Bonchev–Trinajstić information content (AvgIpc) is 3.09. The summed E-state index contributed by atoms with van der Waals surface area (Å²) in [5, 5.41) is 9.62. The van der Waals surface area contributed by atoms with E-state index in [2.05, 4.69) is 0 Å².